The van der Waals surface area contributed by atoms with Crippen LogP contribution < -0.4 is 16.4 Å². The molecule has 1 saturated carbocycles. The Hall–Kier alpha value is -2.29. The van der Waals surface area contributed by atoms with E-state index in [1.54, 1.807) is 12.1 Å². The predicted molar refractivity (Wildman–Crippen MR) is 115 cm³/mol. The molecule has 0 unspecified atom stereocenters. The fraction of sp³-hybridized carbons (Fsp3) is 0.545. The average molecular weight is 416 g/mol. The van der Waals surface area contributed by atoms with Crippen LogP contribution in [0, 0.1) is 5.82 Å². The highest BCUT2D eigenvalue weighted by Gasteiger charge is 2.27. The van der Waals surface area contributed by atoms with E-state index >= 15 is 0 Å². The monoisotopic (exact) mass is 415 g/mol. The van der Waals surface area contributed by atoms with Crippen LogP contribution in [0.15, 0.2) is 30.5 Å². The smallest absolute Gasteiger partial charge is 0.151 e. The van der Waals surface area contributed by atoms with E-state index in [-0.39, 0.29) is 17.7 Å². The summed E-state index contributed by atoms with van der Waals surface area (Å²) in [5.74, 6) is 0.871. The summed E-state index contributed by atoms with van der Waals surface area (Å²) in [6.45, 7) is 1.93. The van der Waals surface area contributed by atoms with E-state index in [0.29, 0.717) is 42.7 Å². The maximum atomic E-state index is 14.5. The molecule has 162 valence electrons. The van der Waals surface area contributed by atoms with E-state index in [0.717, 1.165) is 38.5 Å². The third kappa shape index (κ3) is 5.24. The van der Waals surface area contributed by atoms with Crippen LogP contribution in [0.4, 0.5) is 16.0 Å². The topological polar surface area (TPSA) is 105 Å². The van der Waals surface area contributed by atoms with Gasteiger partial charge in [-0.2, -0.15) is 0 Å². The van der Waals surface area contributed by atoms with Gasteiger partial charge >= 0.3 is 0 Å². The van der Waals surface area contributed by atoms with Crippen molar-refractivity contribution in [2.45, 2.75) is 56.2 Å². The Balaban J connectivity index is 1.46. The number of hydrogen-bond acceptors (Lipinski definition) is 7. The van der Waals surface area contributed by atoms with E-state index < -0.39 is 5.82 Å². The van der Waals surface area contributed by atoms with E-state index in [1.165, 1.54) is 6.20 Å². The molecule has 0 atom stereocenters. The molecule has 4 rings (SSSR count). The lowest BCUT2D eigenvalue weighted by molar-refractivity contribution is 0.0574. The standard InChI is InChI=1S/C22H30FN5O2/c23-18-13-25-21(27-15-4-6-16(29)7-5-15)12-17(18)19-2-1-3-20(28-19)26-14-22(24)8-10-30-11-9-22/h1-3,12-13,15-16,29H,4-11,14,24H2,(H,25,27)(H,26,28). The van der Waals surface area contributed by atoms with Gasteiger partial charge in [-0.25, -0.2) is 14.4 Å². The number of nitrogens with zero attached hydrogens (tertiary/aromatic N) is 2. The van der Waals surface area contributed by atoms with Gasteiger partial charge in [0, 0.05) is 36.9 Å². The molecule has 5 N–H and O–H groups in total. The van der Waals surface area contributed by atoms with Crippen molar-refractivity contribution in [2.75, 3.05) is 30.4 Å². The molecule has 1 saturated heterocycles. The van der Waals surface area contributed by atoms with Crippen molar-refractivity contribution < 1.29 is 14.2 Å². The minimum absolute atomic E-state index is 0.215. The summed E-state index contributed by atoms with van der Waals surface area (Å²) in [6.07, 6.45) is 5.91. The first-order valence-corrected chi connectivity index (χ1v) is 10.7. The molecule has 0 bridgehead atoms. The SMILES string of the molecule is NC1(CNc2cccc(-c3cc(NC4CCC(O)CC4)ncc3F)n2)CCOCC1. The predicted octanol–water partition coefficient (Wildman–Crippen LogP) is 2.92. The number of nitrogens with two attached hydrogens (primary N) is 1. The van der Waals surface area contributed by atoms with Crippen molar-refractivity contribution in [3.8, 4) is 11.3 Å². The third-order valence-electron chi connectivity index (χ3n) is 6.04. The zero-order chi connectivity index (χ0) is 21.0. The second kappa shape index (κ2) is 9.24. The van der Waals surface area contributed by atoms with Gasteiger partial charge in [-0.15, -0.1) is 0 Å². The van der Waals surface area contributed by atoms with Crippen molar-refractivity contribution in [3.63, 3.8) is 0 Å². The largest absolute Gasteiger partial charge is 0.393 e. The number of aliphatic hydroxyl groups excluding tert-OH is 1. The summed E-state index contributed by atoms with van der Waals surface area (Å²) < 4.78 is 19.9. The number of halogens is 1. The molecular formula is C22H30FN5O2. The van der Waals surface area contributed by atoms with Gasteiger partial charge in [0.05, 0.1) is 18.0 Å². The molecule has 2 aliphatic rings. The van der Waals surface area contributed by atoms with Gasteiger partial charge in [-0.3, -0.25) is 0 Å². The summed E-state index contributed by atoms with van der Waals surface area (Å²) >= 11 is 0. The summed E-state index contributed by atoms with van der Waals surface area (Å²) in [5.41, 5.74) is 7.06. The zero-order valence-corrected chi connectivity index (χ0v) is 17.1. The first-order valence-electron chi connectivity index (χ1n) is 10.7. The Bertz CT molecular complexity index is 851. The fourth-order valence-corrected chi connectivity index (χ4v) is 4.05. The molecule has 0 spiro atoms. The molecule has 1 aliphatic carbocycles. The molecule has 1 aliphatic heterocycles. The Morgan fingerprint density at radius 1 is 1.17 bits per heavy atom. The molecule has 8 heteroatoms. The number of ether oxygens (including phenoxy) is 1. The molecule has 2 aromatic rings. The number of aromatic nitrogens is 2. The lowest BCUT2D eigenvalue weighted by Gasteiger charge is -2.33. The normalized spacial score (nSPS) is 23.7. The molecule has 0 radical (unpaired) electrons. The Morgan fingerprint density at radius 3 is 2.70 bits per heavy atom. The second-order valence-electron chi connectivity index (χ2n) is 8.44. The van der Waals surface area contributed by atoms with Crippen molar-refractivity contribution in [2.24, 2.45) is 5.73 Å². The lowest BCUT2D eigenvalue weighted by Crippen LogP contribution is -2.50. The summed E-state index contributed by atoms with van der Waals surface area (Å²) in [7, 11) is 0. The molecule has 3 heterocycles. The summed E-state index contributed by atoms with van der Waals surface area (Å²) in [6, 6.07) is 7.44. The van der Waals surface area contributed by atoms with Gasteiger partial charge in [0.15, 0.2) is 5.82 Å². The minimum Gasteiger partial charge on any atom is -0.393 e. The van der Waals surface area contributed by atoms with Crippen LogP contribution in [0.1, 0.15) is 38.5 Å². The summed E-state index contributed by atoms with van der Waals surface area (Å²) in [4.78, 5) is 8.78. The average Bonchev–Trinajstić information content (AvgIpc) is 2.76. The molecule has 7 nitrogen and oxygen atoms in total. The molecule has 2 aromatic heterocycles. The quantitative estimate of drug-likeness (QED) is 0.575. The Kier molecular flexibility index (Phi) is 6.46. The van der Waals surface area contributed by atoms with Crippen molar-refractivity contribution in [3.05, 3.63) is 36.3 Å². The maximum Gasteiger partial charge on any atom is 0.151 e. The van der Waals surface area contributed by atoms with Gasteiger partial charge in [0.1, 0.15) is 11.6 Å². The fourth-order valence-electron chi connectivity index (χ4n) is 4.05. The van der Waals surface area contributed by atoms with Gasteiger partial charge in [0.25, 0.3) is 0 Å². The highest BCUT2D eigenvalue weighted by atomic mass is 19.1. The van der Waals surface area contributed by atoms with Crippen LogP contribution in [-0.2, 0) is 4.74 Å². The lowest BCUT2D eigenvalue weighted by atomic mass is 9.91. The van der Waals surface area contributed by atoms with Crippen LogP contribution in [0.25, 0.3) is 11.3 Å². The number of hydrogen-bond donors (Lipinski definition) is 4. The maximum absolute atomic E-state index is 14.5. The van der Waals surface area contributed by atoms with E-state index in [9.17, 15) is 9.50 Å². The number of pyridine rings is 2. The minimum atomic E-state index is -0.413. The first kappa shape index (κ1) is 21.0. The van der Waals surface area contributed by atoms with Gasteiger partial charge in [-0.1, -0.05) is 6.07 Å². The number of anilines is 2. The highest BCUT2D eigenvalue weighted by Crippen LogP contribution is 2.27. The van der Waals surface area contributed by atoms with Gasteiger partial charge < -0.3 is 26.2 Å². The van der Waals surface area contributed by atoms with E-state index in [1.807, 2.05) is 12.1 Å². The zero-order valence-electron chi connectivity index (χ0n) is 17.1. The second-order valence-corrected chi connectivity index (χ2v) is 8.44. The van der Waals surface area contributed by atoms with Crippen LogP contribution in [-0.4, -0.2) is 52.5 Å². The van der Waals surface area contributed by atoms with Gasteiger partial charge in [0.2, 0.25) is 0 Å². The Labute approximate surface area is 176 Å². The molecule has 0 amide bonds. The number of nitrogens with one attached hydrogen (secondary N) is 2. The molecule has 2 fully saturated rings. The Morgan fingerprint density at radius 2 is 1.93 bits per heavy atom. The van der Waals surface area contributed by atoms with E-state index in [2.05, 4.69) is 20.6 Å². The van der Waals surface area contributed by atoms with Crippen LogP contribution >= 0.6 is 0 Å². The molecule has 30 heavy (non-hydrogen) atoms. The van der Waals surface area contributed by atoms with Crippen LogP contribution in [0.3, 0.4) is 0 Å². The highest BCUT2D eigenvalue weighted by molar-refractivity contribution is 5.65. The number of rotatable bonds is 6. The molecule has 0 aromatic carbocycles. The number of aliphatic hydroxyl groups is 1. The van der Waals surface area contributed by atoms with Crippen molar-refractivity contribution >= 4 is 11.6 Å². The summed E-state index contributed by atoms with van der Waals surface area (Å²) in [5, 5.41) is 16.3. The van der Waals surface area contributed by atoms with Crippen LogP contribution in [0.2, 0.25) is 0 Å². The van der Waals surface area contributed by atoms with Gasteiger partial charge in [-0.05, 0) is 56.7 Å². The van der Waals surface area contributed by atoms with Crippen molar-refractivity contribution in [1.29, 1.82) is 0 Å². The van der Waals surface area contributed by atoms with E-state index in [4.69, 9.17) is 10.5 Å². The van der Waals surface area contributed by atoms with Crippen LogP contribution in [0.5, 0.6) is 0 Å². The first-order chi connectivity index (χ1) is 14.5. The third-order valence-corrected chi connectivity index (χ3v) is 6.04. The van der Waals surface area contributed by atoms with Crippen molar-refractivity contribution in [1.82, 2.24) is 9.97 Å². The molecular weight excluding hydrogens is 385 g/mol.